The first-order valence-electron chi connectivity index (χ1n) is 7.19. The molecule has 2 aromatic rings. The molecule has 1 aliphatic heterocycles. The molecule has 0 aliphatic carbocycles. The van der Waals surface area contributed by atoms with Crippen LogP contribution in [-0.4, -0.2) is 6.54 Å². The van der Waals surface area contributed by atoms with Gasteiger partial charge in [0.25, 0.3) is 0 Å². The van der Waals surface area contributed by atoms with E-state index in [9.17, 15) is 0 Å². The second kappa shape index (κ2) is 5.75. The predicted octanol–water partition coefficient (Wildman–Crippen LogP) is 6.31. The van der Waals surface area contributed by atoms with Gasteiger partial charge in [-0.25, -0.2) is 0 Å². The third-order valence-corrected chi connectivity index (χ3v) is 4.53. The molecular weight excluding hydrogens is 301 g/mol. The van der Waals surface area contributed by atoms with Gasteiger partial charge in [-0.15, -0.1) is 0 Å². The minimum Gasteiger partial charge on any atom is -0.340 e. The number of hydrogen-bond acceptors (Lipinski definition) is 1. The SMILES string of the molecule is C=C1c2c(Cl)cccc2N(CCCC)c2cccc(Cl)c21. The molecule has 0 amide bonds. The summed E-state index contributed by atoms with van der Waals surface area (Å²) in [5.41, 5.74) is 5.14. The molecule has 0 aromatic heterocycles. The number of anilines is 2. The fourth-order valence-electron chi connectivity index (χ4n) is 2.88. The number of benzene rings is 2. The van der Waals surface area contributed by atoms with Crippen LogP contribution in [0, 0.1) is 0 Å². The molecule has 2 aromatic carbocycles. The van der Waals surface area contributed by atoms with E-state index in [0.29, 0.717) is 0 Å². The Morgan fingerprint density at radius 1 is 0.952 bits per heavy atom. The first-order valence-corrected chi connectivity index (χ1v) is 7.95. The number of fused-ring (bicyclic) bond motifs is 2. The summed E-state index contributed by atoms with van der Waals surface area (Å²) in [6, 6.07) is 12.0. The summed E-state index contributed by atoms with van der Waals surface area (Å²) in [6.07, 6.45) is 2.26. The lowest BCUT2D eigenvalue weighted by atomic mass is 9.91. The number of hydrogen-bond donors (Lipinski definition) is 0. The van der Waals surface area contributed by atoms with Crippen LogP contribution in [0.15, 0.2) is 43.0 Å². The van der Waals surface area contributed by atoms with E-state index in [1.165, 1.54) is 0 Å². The average Bonchev–Trinajstić information content (AvgIpc) is 2.47. The molecule has 3 rings (SSSR count). The zero-order valence-corrected chi connectivity index (χ0v) is 13.5. The molecular formula is C18H17Cl2N. The van der Waals surface area contributed by atoms with Gasteiger partial charge in [0.2, 0.25) is 0 Å². The number of nitrogens with zero attached hydrogens (tertiary/aromatic N) is 1. The van der Waals surface area contributed by atoms with Gasteiger partial charge in [0.05, 0.1) is 21.4 Å². The Morgan fingerprint density at radius 2 is 1.48 bits per heavy atom. The van der Waals surface area contributed by atoms with Crippen molar-refractivity contribution in [1.29, 1.82) is 0 Å². The highest BCUT2D eigenvalue weighted by atomic mass is 35.5. The Labute approximate surface area is 135 Å². The van der Waals surface area contributed by atoms with Gasteiger partial charge in [-0.2, -0.15) is 0 Å². The first kappa shape index (κ1) is 14.5. The van der Waals surface area contributed by atoms with E-state index in [1.54, 1.807) is 0 Å². The van der Waals surface area contributed by atoms with E-state index < -0.39 is 0 Å². The molecule has 0 radical (unpaired) electrons. The minimum atomic E-state index is 0.726. The van der Waals surface area contributed by atoms with Gasteiger partial charge in [-0.05, 0) is 36.3 Å². The lowest BCUT2D eigenvalue weighted by molar-refractivity contribution is 0.783. The zero-order chi connectivity index (χ0) is 15.0. The third-order valence-electron chi connectivity index (χ3n) is 3.90. The van der Waals surface area contributed by atoms with Crippen LogP contribution < -0.4 is 4.90 Å². The summed E-state index contributed by atoms with van der Waals surface area (Å²) >= 11 is 12.8. The molecule has 0 saturated heterocycles. The number of halogens is 2. The largest absolute Gasteiger partial charge is 0.340 e. The van der Waals surface area contributed by atoms with Crippen molar-refractivity contribution >= 4 is 40.1 Å². The molecule has 1 nitrogen and oxygen atoms in total. The summed E-state index contributed by atoms with van der Waals surface area (Å²) in [5.74, 6) is 0. The molecule has 0 unspecified atom stereocenters. The standard InChI is InChI=1S/C18H17Cl2N/c1-3-4-11-21-15-9-5-7-13(19)17(15)12(2)18-14(20)8-6-10-16(18)21/h5-10H,2-4,11H2,1H3. The maximum Gasteiger partial charge on any atom is 0.0505 e. The predicted molar refractivity (Wildman–Crippen MR) is 93.0 cm³/mol. The van der Waals surface area contributed by atoms with Crippen LogP contribution in [0.5, 0.6) is 0 Å². The van der Waals surface area contributed by atoms with Crippen molar-refractivity contribution in [2.75, 3.05) is 11.4 Å². The highest BCUT2D eigenvalue weighted by Crippen LogP contribution is 2.49. The van der Waals surface area contributed by atoms with Crippen LogP contribution in [0.4, 0.5) is 11.4 Å². The smallest absolute Gasteiger partial charge is 0.0505 e. The van der Waals surface area contributed by atoms with Crippen LogP contribution in [0.1, 0.15) is 30.9 Å². The van der Waals surface area contributed by atoms with Crippen molar-refractivity contribution in [2.24, 2.45) is 0 Å². The maximum absolute atomic E-state index is 6.42. The minimum absolute atomic E-state index is 0.726. The van der Waals surface area contributed by atoms with E-state index in [2.05, 4.69) is 30.5 Å². The molecule has 0 atom stereocenters. The monoisotopic (exact) mass is 317 g/mol. The van der Waals surface area contributed by atoms with Crippen molar-refractivity contribution in [2.45, 2.75) is 19.8 Å². The number of rotatable bonds is 3. The van der Waals surface area contributed by atoms with E-state index in [1.807, 2.05) is 24.3 Å². The van der Waals surface area contributed by atoms with Gasteiger partial charge in [0.1, 0.15) is 0 Å². The van der Waals surface area contributed by atoms with Crippen molar-refractivity contribution in [3.63, 3.8) is 0 Å². The molecule has 108 valence electrons. The molecule has 1 aliphatic rings. The van der Waals surface area contributed by atoms with Gasteiger partial charge < -0.3 is 4.90 Å². The quantitative estimate of drug-likeness (QED) is 0.641. The third kappa shape index (κ3) is 2.35. The molecule has 21 heavy (non-hydrogen) atoms. The normalized spacial score (nSPS) is 13.1. The van der Waals surface area contributed by atoms with Gasteiger partial charge >= 0.3 is 0 Å². The van der Waals surface area contributed by atoms with Gasteiger partial charge in [0, 0.05) is 17.7 Å². The summed E-state index contributed by atoms with van der Waals surface area (Å²) in [5, 5.41) is 1.45. The van der Waals surface area contributed by atoms with Gasteiger partial charge in [-0.1, -0.05) is 55.3 Å². The highest BCUT2D eigenvalue weighted by Gasteiger charge is 2.28. The summed E-state index contributed by atoms with van der Waals surface area (Å²) in [6.45, 7) is 7.38. The van der Waals surface area contributed by atoms with Crippen LogP contribution in [0.3, 0.4) is 0 Å². The van der Waals surface area contributed by atoms with E-state index >= 15 is 0 Å². The average molecular weight is 318 g/mol. The topological polar surface area (TPSA) is 3.24 Å². The Bertz CT molecular complexity index is 651. The fourth-order valence-corrected chi connectivity index (χ4v) is 3.45. The van der Waals surface area contributed by atoms with E-state index in [0.717, 1.165) is 57.5 Å². The van der Waals surface area contributed by atoms with Gasteiger partial charge in [-0.3, -0.25) is 0 Å². The first-order chi connectivity index (χ1) is 10.1. The van der Waals surface area contributed by atoms with E-state index in [4.69, 9.17) is 23.2 Å². The Balaban J connectivity index is 2.24. The molecule has 1 heterocycles. The Morgan fingerprint density at radius 3 is 1.95 bits per heavy atom. The van der Waals surface area contributed by atoms with Crippen LogP contribution in [0.25, 0.3) is 5.57 Å². The molecule has 0 spiro atoms. The van der Waals surface area contributed by atoms with Crippen molar-refractivity contribution in [1.82, 2.24) is 0 Å². The maximum atomic E-state index is 6.42. The van der Waals surface area contributed by atoms with E-state index in [-0.39, 0.29) is 0 Å². The van der Waals surface area contributed by atoms with Crippen molar-refractivity contribution < 1.29 is 0 Å². The molecule has 0 bridgehead atoms. The van der Waals surface area contributed by atoms with Crippen molar-refractivity contribution in [3.8, 4) is 0 Å². The molecule has 0 saturated carbocycles. The van der Waals surface area contributed by atoms with Crippen LogP contribution in [0.2, 0.25) is 10.0 Å². The summed E-state index contributed by atoms with van der Waals surface area (Å²) in [4.78, 5) is 2.31. The fraction of sp³-hybridized carbons (Fsp3) is 0.222. The number of unbranched alkanes of at least 4 members (excludes halogenated alkanes) is 1. The second-order valence-electron chi connectivity index (χ2n) is 5.25. The molecule has 0 fully saturated rings. The molecule has 3 heteroatoms. The highest BCUT2D eigenvalue weighted by molar-refractivity contribution is 6.36. The lowest BCUT2D eigenvalue weighted by Gasteiger charge is -2.35. The van der Waals surface area contributed by atoms with Gasteiger partial charge in [0.15, 0.2) is 0 Å². The van der Waals surface area contributed by atoms with Crippen LogP contribution in [-0.2, 0) is 0 Å². The Kier molecular flexibility index (Phi) is 3.97. The second-order valence-corrected chi connectivity index (χ2v) is 6.07. The molecule has 0 N–H and O–H groups in total. The van der Waals surface area contributed by atoms with Crippen molar-refractivity contribution in [3.05, 3.63) is 64.1 Å². The summed E-state index contributed by atoms with van der Waals surface area (Å²) < 4.78 is 0. The Hall–Kier alpha value is -1.44. The van der Waals surface area contributed by atoms with Crippen LogP contribution >= 0.6 is 23.2 Å². The summed E-state index contributed by atoms with van der Waals surface area (Å²) in [7, 11) is 0. The lowest BCUT2D eigenvalue weighted by Crippen LogP contribution is -2.24. The zero-order valence-electron chi connectivity index (χ0n) is 12.0.